The number of piperidine rings is 1. The highest BCUT2D eigenvalue weighted by Gasteiger charge is 2.23. The highest BCUT2D eigenvalue weighted by molar-refractivity contribution is 6.30. The first-order valence-electron chi connectivity index (χ1n) is 8.31. The topological polar surface area (TPSA) is 15.3 Å². The minimum Gasteiger partial charge on any atom is -0.310 e. The van der Waals surface area contributed by atoms with Gasteiger partial charge in [0.15, 0.2) is 0 Å². The third-order valence-electron chi connectivity index (χ3n) is 4.88. The quantitative estimate of drug-likeness (QED) is 0.840. The molecule has 1 N–H and O–H groups in total. The van der Waals surface area contributed by atoms with E-state index in [4.69, 9.17) is 11.6 Å². The highest BCUT2D eigenvalue weighted by atomic mass is 35.5. The highest BCUT2D eigenvalue weighted by Crippen LogP contribution is 2.24. The van der Waals surface area contributed by atoms with Crippen LogP contribution in [0.15, 0.2) is 24.3 Å². The van der Waals surface area contributed by atoms with E-state index in [9.17, 15) is 0 Å². The molecule has 0 spiro atoms. The summed E-state index contributed by atoms with van der Waals surface area (Å²) < 4.78 is 0. The molecule has 0 radical (unpaired) electrons. The second-order valence-electron chi connectivity index (χ2n) is 6.49. The molecule has 0 saturated carbocycles. The molecule has 3 atom stereocenters. The normalized spacial score (nSPS) is 25.0. The monoisotopic (exact) mass is 308 g/mol. The number of nitrogens with zero attached hydrogens (tertiary/aromatic N) is 1. The van der Waals surface area contributed by atoms with Gasteiger partial charge < -0.3 is 10.2 Å². The molecule has 1 aromatic carbocycles. The smallest absolute Gasteiger partial charge is 0.0406 e. The fraction of sp³-hybridized carbons (Fsp3) is 0.667. The van der Waals surface area contributed by atoms with Crippen LogP contribution in [-0.2, 0) is 0 Å². The molecule has 21 heavy (non-hydrogen) atoms. The van der Waals surface area contributed by atoms with Gasteiger partial charge in [-0.1, -0.05) is 44.5 Å². The van der Waals surface area contributed by atoms with Gasteiger partial charge in [-0.25, -0.2) is 0 Å². The maximum Gasteiger partial charge on any atom is 0.0406 e. The van der Waals surface area contributed by atoms with Crippen LogP contribution in [0.4, 0.5) is 0 Å². The molecule has 3 heteroatoms. The van der Waals surface area contributed by atoms with E-state index in [1.54, 1.807) is 0 Å². The Balaban J connectivity index is 1.89. The van der Waals surface area contributed by atoms with Gasteiger partial charge in [0.1, 0.15) is 0 Å². The van der Waals surface area contributed by atoms with Crippen LogP contribution < -0.4 is 5.32 Å². The summed E-state index contributed by atoms with van der Waals surface area (Å²) in [5.74, 6) is 1.70. The molecule has 118 valence electrons. The van der Waals surface area contributed by atoms with Gasteiger partial charge in [0.25, 0.3) is 0 Å². The SMILES string of the molecule is CCNC(CCN1CCC(C)C(C)C1)c1ccc(Cl)cc1. The van der Waals surface area contributed by atoms with E-state index in [1.807, 2.05) is 12.1 Å². The number of halogens is 1. The summed E-state index contributed by atoms with van der Waals surface area (Å²) in [6.07, 6.45) is 2.50. The molecular weight excluding hydrogens is 280 g/mol. The number of hydrogen-bond acceptors (Lipinski definition) is 2. The van der Waals surface area contributed by atoms with Crippen LogP contribution in [0.2, 0.25) is 5.02 Å². The number of hydrogen-bond donors (Lipinski definition) is 1. The Morgan fingerprint density at radius 2 is 1.95 bits per heavy atom. The van der Waals surface area contributed by atoms with Crippen molar-refractivity contribution in [2.45, 2.75) is 39.7 Å². The van der Waals surface area contributed by atoms with Crippen molar-refractivity contribution in [1.82, 2.24) is 10.2 Å². The van der Waals surface area contributed by atoms with Gasteiger partial charge in [0, 0.05) is 17.6 Å². The van der Waals surface area contributed by atoms with Crippen molar-refractivity contribution in [2.24, 2.45) is 11.8 Å². The van der Waals surface area contributed by atoms with E-state index in [1.165, 1.54) is 31.6 Å². The summed E-state index contributed by atoms with van der Waals surface area (Å²) in [5.41, 5.74) is 1.35. The van der Waals surface area contributed by atoms with Crippen molar-refractivity contribution in [2.75, 3.05) is 26.2 Å². The molecule has 1 aliphatic heterocycles. The van der Waals surface area contributed by atoms with Crippen LogP contribution in [0.5, 0.6) is 0 Å². The first-order valence-corrected chi connectivity index (χ1v) is 8.69. The Morgan fingerprint density at radius 3 is 2.57 bits per heavy atom. The minimum absolute atomic E-state index is 0.432. The van der Waals surface area contributed by atoms with Crippen LogP contribution in [-0.4, -0.2) is 31.1 Å². The zero-order chi connectivity index (χ0) is 15.2. The second-order valence-corrected chi connectivity index (χ2v) is 6.93. The van der Waals surface area contributed by atoms with E-state index < -0.39 is 0 Å². The Labute approximate surface area is 134 Å². The maximum absolute atomic E-state index is 5.99. The van der Waals surface area contributed by atoms with Crippen molar-refractivity contribution >= 4 is 11.6 Å². The Kier molecular flexibility index (Phi) is 6.53. The first-order chi connectivity index (χ1) is 10.1. The van der Waals surface area contributed by atoms with Gasteiger partial charge in [-0.3, -0.25) is 0 Å². The maximum atomic E-state index is 5.99. The summed E-state index contributed by atoms with van der Waals surface area (Å²) in [5, 5.41) is 4.42. The van der Waals surface area contributed by atoms with Gasteiger partial charge in [-0.05, 0) is 62.0 Å². The summed E-state index contributed by atoms with van der Waals surface area (Å²) in [6.45, 7) is 11.6. The molecule has 2 rings (SSSR count). The second kappa shape index (κ2) is 8.17. The third kappa shape index (κ3) is 4.98. The van der Waals surface area contributed by atoms with Gasteiger partial charge in [-0.15, -0.1) is 0 Å². The predicted octanol–water partition coefficient (Wildman–Crippen LogP) is 4.36. The lowest BCUT2D eigenvalue weighted by Crippen LogP contribution is -2.40. The van der Waals surface area contributed by atoms with Crippen LogP contribution in [0.3, 0.4) is 0 Å². The van der Waals surface area contributed by atoms with E-state index in [-0.39, 0.29) is 0 Å². The molecule has 0 amide bonds. The van der Waals surface area contributed by atoms with Gasteiger partial charge in [-0.2, -0.15) is 0 Å². The lowest BCUT2D eigenvalue weighted by atomic mass is 9.88. The first kappa shape index (κ1) is 16.8. The average Bonchev–Trinajstić information content (AvgIpc) is 2.48. The van der Waals surface area contributed by atoms with Gasteiger partial charge >= 0.3 is 0 Å². The zero-order valence-corrected chi connectivity index (χ0v) is 14.4. The molecule has 0 aliphatic carbocycles. The molecule has 1 aromatic rings. The van der Waals surface area contributed by atoms with Crippen LogP contribution in [0.25, 0.3) is 0 Å². The molecule has 2 nitrogen and oxygen atoms in total. The molecular formula is C18H29ClN2. The number of benzene rings is 1. The summed E-state index contributed by atoms with van der Waals surface area (Å²) >= 11 is 5.99. The average molecular weight is 309 g/mol. The van der Waals surface area contributed by atoms with Crippen molar-refractivity contribution < 1.29 is 0 Å². The van der Waals surface area contributed by atoms with E-state index in [0.717, 1.165) is 29.8 Å². The van der Waals surface area contributed by atoms with Crippen molar-refractivity contribution in [3.8, 4) is 0 Å². The molecule has 0 aromatic heterocycles. The predicted molar refractivity (Wildman–Crippen MR) is 91.9 cm³/mol. The van der Waals surface area contributed by atoms with E-state index in [0.29, 0.717) is 6.04 Å². The van der Waals surface area contributed by atoms with E-state index >= 15 is 0 Å². The van der Waals surface area contributed by atoms with Crippen molar-refractivity contribution in [3.63, 3.8) is 0 Å². The Hall–Kier alpha value is -0.570. The number of likely N-dealkylation sites (tertiary alicyclic amines) is 1. The van der Waals surface area contributed by atoms with Crippen LogP contribution in [0.1, 0.15) is 45.2 Å². The summed E-state index contributed by atoms with van der Waals surface area (Å²) in [4.78, 5) is 2.63. The van der Waals surface area contributed by atoms with Crippen molar-refractivity contribution in [3.05, 3.63) is 34.9 Å². The lowest BCUT2D eigenvalue weighted by Gasteiger charge is -2.36. The lowest BCUT2D eigenvalue weighted by molar-refractivity contribution is 0.133. The standard InChI is InChI=1S/C18H29ClN2/c1-4-20-18(16-5-7-17(19)8-6-16)10-12-21-11-9-14(2)15(3)13-21/h5-8,14-15,18,20H,4,9-13H2,1-3H3. The largest absolute Gasteiger partial charge is 0.310 e. The van der Waals surface area contributed by atoms with Crippen LogP contribution >= 0.6 is 11.6 Å². The molecule has 1 saturated heterocycles. The molecule has 3 unspecified atom stereocenters. The Morgan fingerprint density at radius 1 is 1.24 bits per heavy atom. The van der Waals surface area contributed by atoms with Crippen molar-refractivity contribution in [1.29, 1.82) is 0 Å². The molecule has 1 heterocycles. The number of nitrogens with one attached hydrogen (secondary N) is 1. The molecule has 1 aliphatic rings. The summed E-state index contributed by atoms with van der Waals surface area (Å²) in [6, 6.07) is 8.71. The van der Waals surface area contributed by atoms with Gasteiger partial charge in [0.2, 0.25) is 0 Å². The fourth-order valence-corrected chi connectivity index (χ4v) is 3.32. The summed E-state index contributed by atoms with van der Waals surface area (Å²) in [7, 11) is 0. The third-order valence-corrected chi connectivity index (χ3v) is 5.13. The zero-order valence-electron chi connectivity index (χ0n) is 13.6. The fourth-order valence-electron chi connectivity index (χ4n) is 3.19. The number of rotatable bonds is 6. The molecule has 1 fully saturated rings. The Bertz CT molecular complexity index is 418. The molecule has 0 bridgehead atoms. The van der Waals surface area contributed by atoms with Gasteiger partial charge in [0.05, 0.1) is 0 Å². The van der Waals surface area contributed by atoms with Crippen LogP contribution in [0, 0.1) is 11.8 Å². The van der Waals surface area contributed by atoms with E-state index in [2.05, 4.69) is 43.1 Å². The minimum atomic E-state index is 0.432.